The number of hydrogen-bond donors (Lipinski definition) is 0. The highest BCUT2D eigenvalue weighted by Gasteiger charge is 2.19. The van der Waals surface area contributed by atoms with Crippen LogP contribution in [-0.4, -0.2) is 12.1 Å². The molecule has 0 N–H and O–H groups in total. The van der Waals surface area contributed by atoms with Crippen LogP contribution in [-0.2, 0) is 5.88 Å². The second-order valence-corrected chi connectivity index (χ2v) is 2.89. The molecule has 0 radical (unpaired) electrons. The number of hydrogen-bond acceptors (Lipinski definition) is 3. The number of halogens is 3. The summed E-state index contributed by atoms with van der Waals surface area (Å²) in [5, 5.41) is 8.59. The van der Waals surface area contributed by atoms with E-state index in [-0.39, 0.29) is 28.6 Å². The van der Waals surface area contributed by atoms with Crippen LogP contribution in [0.25, 0.3) is 0 Å². The molecule has 15 heavy (non-hydrogen) atoms. The zero-order valence-corrected chi connectivity index (χ0v) is 8.55. The first-order chi connectivity index (χ1) is 7.13. The lowest BCUT2D eigenvalue weighted by atomic mass is 10.2. The van der Waals surface area contributed by atoms with E-state index in [0.29, 0.717) is 0 Å². The van der Waals surface area contributed by atoms with Crippen molar-refractivity contribution in [3.8, 4) is 11.8 Å². The fraction of sp³-hybridized carbons (Fsp3) is 0.333. The Kier molecular flexibility index (Phi) is 3.81. The molecule has 1 aromatic heterocycles. The summed E-state index contributed by atoms with van der Waals surface area (Å²) in [4.78, 5) is 3.77. The fourth-order valence-electron chi connectivity index (χ4n) is 1.15. The maximum atomic E-state index is 12.6. The minimum atomic E-state index is -2.72. The van der Waals surface area contributed by atoms with Crippen molar-refractivity contribution in [1.82, 2.24) is 4.98 Å². The Balaban J connectivity index is 3.40. The molecule has 0 bridgehead atoms. The molecular weight excluding hydrogens is 226 g/mol. The van der Waals surface area contributed by atoms with Gasteiger partial charge >= 0.3 is 0 Å². The molecular formula is C9H7ClF2N2O. The minimum absolute atomic E-state index is 0.0565. The van der Waals surface area contributed by atoms with Crippen LogP contribution in [0.2, 0.25) is 0 Å². The van der Waals surface area contributed by atoms with Crippen LogP contribution in [0.5, 0.6) is 5.75 Å². The van der Waals surface area contributed by atoms with Gasteiger partial charge in [-0.2, -0.15) is 5.26 Å². The van der Waals surface area contributed by atoms with Crippen LogP contribution in [0.15, 0.2) is 6.07 Å². The summed E-state index contributed by atoms with van der Waals surface area (Å²) in [5.41, 5.74) is -0.310. The molecule has 0 spiro atoms. The van der Waals surface area contributed by atoms with Gasteiger partial charge in [0, 0.05) is 0 Å². The lowest BCUT2D eigenvalue weighted by Crippen LogP contribution is -2.01. The summed E-state index contributed by atoms with van der Waals surface area (Å²) in [7, 11) is 1.25. The van der Waals surface area contributed by atoms with Crippen molar-refractivity contribution in [2.24, 2.45) is 0 Å². The van der Waals surface area contributed by atoms with E-state index in [0.717, 1.165) is 6.07 Å². The number of methoxy groups -OCH3 is 1. The number of nitrogens with zero attached hydrogens (tertiary/aromatic N) is 2. The van der Waals surface area contributed by atoms with Crippen LogP contribution in [0.1, 0.15) is 23.4 Å². The molecule has 0 atom stereocenters. The Morgan fingerprint density at radius 3 is 2.73 bits per heavy atom. The zero-order valence-electron chi connectivity index (χ0n) is 7.80. The maximum Gasteiger partial charge on any atom is 0.267 e. The van der Waals surface area contributed by atoms with Gasteiger partial charge < -0.3 is 4.74 Å². The van der Waals surface area contributed by atoms with Gasteiger partial charge in [0.05, 0.1) is 24.2 Å². The molecule has 1 heterocycles. The van der Waals surface area contributed by atoms with Gasteiger partial charge in [0.1, 0.15) is 11.8 Å². The SMILES string of the molecule is COc1c(C(F)F)cc(C#N)nc1CCl. The van der Waals surface area contributed by atoms with Gasteiger partial charge in [0.25, 0.3) is 6.43 Å². The molecule has 3 nitrogen and oxygen atoms in total. The van der Waals surface area contributed by atoms with Crippen LogP contribution in [0, 0.1) is 11.3 Å². The molecule has 0 fully saturated rings. The Hall–Kier alpha value is -1.41. The highest BCUT2D eigenvalue weighted by Crippen LogP contribution is 2.32. The molecule has 0 amide bonds. The Labute approximate surface area is 90.3 Å². The maximum absolute atomic E-state index is 12.6. The van der Waals surface area contributed by atoms with Gasteiger partial charge in [0.15, 0.2) is 5.75 Å². The Morgan fingerprint density at radius 1 is 1.67 bits per heavy atom. The first-order valence-electron chi connectivity index (χ1n) is 3.96. The Bertz CT molecular complexity index is 404. The molecule has 1 rings (SSSR count). The van der Waals surface area contributed by atoms with E-state index in [4.69, 9.17) is 21.6 Å². The quantitative estimate of drug-likeness (QED) is 0.753. The van der Waals surface area contributed by atoms with Gasteiger partial charge in [-0.25, -0.2) is 13.8 Å². The van der Waals surface area contributed by atoms with E-state index in [1.54, 1.807) is 6.07 Å². The van der Waals surface area contributed by atoms with E-state index in [9.17, 15) is 8.78 Å². The minimum Gasteiger partial charge on any atom is -0.494 e. The number of aromatic nitrogens is 1. The lowest BCUT2D eigenvalue weighted by Gasteiger charge is -2.10. The standard InChI is InChI=1S/C9H7ClF2N2O/c1-15-8-6(9(11)12)2-5(4-13)14-7(8)3-10/h2,9H,3H2,1H3. The molecule has 0 unspecified atom stereocenters. The average Bonchev–Trinajstić information content (AvgIpc) is 2.26. The third-order valence-corrected chi connectivity index (χ3v) is 2.01. The molecule has 0 aliphatic heterocycles. The highest BCUT2D eigenvalue weighted by atomic mass is 35.5. The van der Waals surface area contributed by atoms with Crippen LogP contribution in [0.4, 0.5) is 8.78 Å². The van der Waals surface area contributed by atoms with Crippen LogP contribution in [0.3, 0.4) is 0 Å². The van der Waals surface area contributed by atoms with E-state index in [2.05, 4.69) is 4.98 Å². The molecule has 0 saturated carbocycles. The van der Waals surface area contributed by atoms with Crippen molar-refractivity contribution in [3.05, 3.63) is 23.0 Å². The normalized spacial score (nSPS) is 10.1. The van der Waals surface area contributed by atoms with E-state index >= 15 is 0 Å². The highest BCUT2D eigenvalue weighted by molar-refractivity contribution is 6.17. The molecule has 0 saturated heterocycles. The predicted octanol–water partition coefficient (Wildman–Crippen LogP) is 2.64. The van der Waals surface area contributed by atoms with Crippen molar-refractivity contribution in [2.45, 2.75) is 12.3 Å². The summed E-state index contributed by atoms with van der Waals surface area (Å²) in [5.74, 6) is -0.141. The lowest BCUT2D eigenvalue weighted by molar-refractivity contribution is 0.146. The molecule has 0 aliphatic carbocycles. The first kappa shape index (κ1) is 11.7. The topological polar surface area (TPSA) is 45.9 Å². The molecule has 0 aliphatic rings. The third-order valence-electron chi connectivity index (χ3n) is 1.75. The van der Waals surface area contributed by atoms with Gasteiger partial charge in [0.2, 0.25) is 0 Å². The van der Waals surface area contributed by atoms with Crippen LogP contribution < -0.4 is 4.74 Å². The van der Waals surface area contributed by atoms with E-state index < -0.39 is 6.43 Å². The number of pyridine rings is 1. The van der Waals surface area contributed by atoms with Crippen molar-refractivity contribution >= 4 is 11.6 Å². The van der Waals surface area contributed by atoms with Gasteiger partial charge in [-0.3, -0.25) is 0 Å². The van der Waals surface area contributed by atoms with Crippen molar-refractivity contribution in [1.29, 1.82) is 5.26 Å². The third kappa shape index (κ3) is 2.34. The predicted molar refractivity (Wildman–Crippen MR) is 50.0 cm³/mol. The van der Waals surface area contributed by atoms with Crippen molar-refractivity contribution < 1.29 is 13.5 Å². The summed E-state index contributed by atoms with van der Waals surface area (Å²) in [6.45, 7) is 0. The fourth-order valence-corrected chi connectivity index (χ4v) is 1.33. The van der Waals surface area contributed by atoms with Crippen LogP contribution >= 0.6 is 11.6 Å². The summed E-state index contributed by atoms with van der Waals surface area (Å²) in [6.07, 6.45) is -2.72. The summed E-state index contributed by atoms with van der Waals surface area (Å²) >= 11 is 5.52. The molecule has 80 valence electrons. The summed E-state index contributed by atoms with van der Waals surface area (Å²) < 4.78 is 30.0. The molecule has 6 heteroatoms. The number of ether oxygens (including phenoxy) is 1. The van der Waals surface area contributed by atoms with E-state index in [1.807, 2.05) is 0 Å². The average molecular weight is 233 g/mol. The van der Waals surface area contributed by atoms with Gasteiger partial charge in [-0.05, 0) is 6.07 Å². The second kappa shape index (κ2) is 4.89. The molecule has 0 aromatic carbocycles. The smallest absolute Gasteiger partial charge is 0.267 e. The monoisotopic (exact) mass is 232 g/mol. The number of nitriles is 1. The van der Waals surface area contributed by atoms with Gasteiger partial charge in [-0.1, -0.05) is 0 Å². The van der Waals surface area contributed by atoms with Crippen molar-refractivity contribution in [2.75, 3.05) is 7.11 Å². The first-order valence-corrected chi connectivity index (χ1v) is 4.49. The van der Waals surface area contributed by atoms with E-state index in [1.165, 1.54) is 7.11 Å². The summed E-state index contributed by atoms with van der Waals surface area (Å²) in [6, 6.07) is 2.69. The zero-order chi connectivity index (χ0) is 11.4. The number of rotatable bonds is 3. The van der Waals surface area contributed by atoms with Gasteiger partial charge in [-0.15, -0.1) is 11.6 Å². The Morgan fingerprint density at radius 2 is 2.33 bits per heavy atom. The largest absolute Gasteiger partial charge is 0.494 e. The van der Waals surface area contributed by atoms with Crippen molar-refractivity contribution in [3.63, 3.8) is 0 Å². The second-order valence-electron chi connectivity index (χ2n) is 2.62. The molecule has 1 aromatic rings. The number of alkyl halides is 3.